The van der Waals surface area contributed by atoms with E-state index in [4.69, 9.17) is 0 Å². The average molecular weight is 473 g/mol. The van der Waals surface area contributed by atoms with Crippen molar-refractivity contribution in [2.45, 2.75) is 17.0 Å². The summed E-state index contributed by atoms with van der Waals surface area (Å²) < 4.78 is 0. The molecule has 166 valence electrons. The third-order valence-electron chi connectivity index (χ3n) is 5.99. The van der Waals surface area contributed by atoms with Crippen LogP contribution in [0.15, 0.2) is 84.9 Å². The molecule has 0 unspecified atom stereocenters. The zero-order valence-electron chi connectivity index (χ0n) is 18.0. The second kappa shape index (κ2) is 9.49. The van der Waals surface area contributed by atoms with Crippen molar-refractivity contribution in [1.82, 2.24) is 10.6 Å². The van der Waals surface area contributed by atoms with Crippen LogP contribution in [0.3, 0.4) is 0 Å². The summed E-state index contributed by atoms with van der Waals surface area (Å²) in [5.41, 5.74) is 1.57. The standard InChI is InChI=1S/C27H24N2O2S2/c30-25-27(29-26(31)28-25,17-32-15-21-11-5-9-19-7-1-3-13-23(19)21)18-33-16-22-12-6-10-20-8-2-4-14-24(20)22/h1-14H,15-18H2,(H2,28,29,30,31). The molecule has 5 rings (SSSR count). The fourth-order valence-corrected chi connectivity index (χ4v) is 6.86. The summed E-state index contributed by atoms with van der Waals surface area (Å²) >= 11 is 3.37. The van der Waals surface area contributed by atoms with Gasteiger partial charge in [-0.3, -0.25) is 10.1 Å². The number of imide groups is 1. The average Bonchev–Trinajstić information content (AvgIpc) is 3.12. The Kier molecular flexibility index (Phi) is 6.29. The van der Waals surface area contributed by atoms with Crippen LogP contribution in [0.2, 0.25) is 0 Å². The van der Waals surface area contributed by atoms with Gasteiger partial charge in [0.1, 0.15) is 5.54 Å². The van der Waals surface area contributed by atoms with E-state index in [1.54, 1.807) is 23.5 Å². The van der Waals surface area contributed by atoms with Gasteiger partial charge < -0.3 is 5.32 Å². The molecular formula is C27H24N2O2S2. The summed E-state index contributed by atoms with van der Waals surface area (Å²) in [5.74, 6) is 2.37. The Labute approximate surface area is 201 Å². The quantitative estimate of drug-likeness (QED) is 0.321. The van der Waals surface area contributed by atoms with Crippen LogP contribution in [0.5, 0.6) is 0 Å². The minimum atomic E-state index is -0.901. The van der Waals surface area contributed by atoms with Gasteiger partial charge >= 0.3 is 6.03 Å². The van der Waals surface area contributed by atoms with E-state index in [1.807, 2.05) is 24.3 Å². The Bertz CT molecular complexity index is 1240. The van der Waals surface area contributed by atoms with E-state index in [9.17, 15) is 9.59 Å². The lowest BCUT2D eigenvalue weighted by Crippen LogP contribution is -2.51. The van der Waals surface area contributed by atoms with Gasteiger partial charge in [0.2, 0.25) is 0 Å². The molecule has 4 aromatic carbocycles. The van der Waals surface area contributed by atoms with E-state index in [0.29, 0.717) is 11.5 Å². The molecule has 1 fully saturated rings. The number of amides is 3. The topological polar surface area (TPSA) is 58.2 Å². The van der Waals surface area contributed by atoms with Crippen molar-refractivity contribution in [1.29, 1.82) is 0 Å². The maximum absolute atomic E-state index is 12.8. The Hall–Kier alpha value is -2.96. The van der Waals surface area contributed by atoms with Gasteiger partial charge in [0.15, 0.2) is 0 Å². The number of carbonyl (C=O) groups is 2. The number of hydrogen-bond donors (Lipinski definition) is 2. The van der Waals surface area contributed by atoms with Crippen molar-refractivity contribution < 1.29 is 9.59 Å². The van der Waals surface area contributed by atoms with Crippen LogP contribution < -0.4 is 10.6 Å². The molecule has 33 heavy (non-hydrogen) atoms. The number of carbonyl (C=O) groups excluding carboxylic acids is 2. The lowest BCUT2D eigenvalue weighted by atomic mass is 10.1. The smallest absolute Gasteiger partial charge is 0.322 e. The van der Waals surface area contributed by atoms with Gasteiger partial charge in [0, 0.05) is 23.0 Å². The molecule has 6 heteroatoms. The monoisotopic (exact) mass is 472 g/mol. The molecule has 0 bridgehead atoms. The molecule has 3 amide bonds. The van der Waals surface area contributed by atoms with E-state index < -0.39 is 11.6 Å². The largest absolute Gasteiger partial charge is 0.322 e. The van der Waals surface area contributed by atoms with E-state index in [0.717, 1.165) is 11.5 Å². The van der Waals surface area contributed by atoms with Crippen LogP contribution in [0.25, 0.3) is 21.5 Å². The first-order valence-electron chi connectivity index (χ1n) is 10.9. The third-order valence-corrected chi connectivity index (χ3v) is 8.41. The van der Waals surface area contributed by atoms with E-state index in [2.05, 4.69) is 71.3 Å². The van der Waals surface area contributed by atoms with Crippen LogP contribution in [0, 0.1) is 0 Å². The number of urea groups is 1. The molecule has 1 aliphatic heterocycles. The molecule has 4 aromatic rings. The van der Waals surface area contributed by atoms with Gasteiger partial charge in [-0.2, -0.15) is 23.5 Å². The fraction of sp³-hybridized carbons (Fsp3) is 0.185. The van der Waals surface area contributed by atoms with Crippen molar-refractivity contribution in [3.05, 3.63) is 96.1 Å². The normalized spacial score (nSPS) is 15.0. The van der Waals surface area contributed by atoms with Crippen molar-refractivity contribution in [3.63, 3.8) is 0 Å². The van der Waals surface area contributed by atoms with Crippen LogP contribution in [0.1, 0.15) is 11.1 Å². The minimum Gasteiger partial charge on any atom is -0.322 e. The number of nitrogens with one attached hydrogen (secondary N) is 2. The first-order valence-corrected chi connectivity index (χ1v) is 13.2. The molecule has 0 aliphatic carbocycles. The van der Waals surface area contributed by atoms with Crippen LogP contribution >= 0.6 is 23.5 Å². The van der Waals surface area contributed by atoms with Gasteiger partial charge in [-0.05, 0) is 32.7 Å². The Balaban J connectivity index is 1.28. The number of benzene rings is 4. The van der Waals surface area contributed by atoms with E-state index in [-0.39, 0.29) is 5.91 Å². The zero-order chi connectivity index (χ0) is 22.7. The molecule has 1 saturated heterocycles. The van der Waals surface area contributed by atoms with E-state index in [1.165, 1.54) is 32.7 Å². The Morgan fingerprint density at radius 3 is 1.61 bits per heavy atom. The number of thioether (sulfide) groups is 2. The molecule has 0 saturated carbocycles. The fourth-order valence-electron chi connectivity index (χ4n) is 4.28. The van der Waals surface area contributed by atoms with Crippen molar-refractivity contribution in [2.24, 2.45) is 0 Å². The molecular weight excluding hydrogens is 448 g/mol. The summed E-state index contributed by atoms with van der Waals surface area (Å²) in [6.07, 6.45) is 0. The molecule has 4 nitrogen and oxygen atoms in total. The molecule has 0 radical (unpaired) electrons. The molecule has 0 atom stereocenters. The first kappa shape index (κ1) is 21.9. The highest BCUT2D eigenvalue weighted by Crippen LogP contribution is 2.30. The van der Waals surface area contributed by atoms with Gasteiger partial charge in [-0.1, -0.05) is 84.9 Å². The van der Waals surface area contributed by atoms with Crippen LogP contribution in [-0.2, 0) is 16.3 Å². The van der Waals surface area contributed by atoms with Gasteiger partial charge in [0.05, 0.1) is 0 Å². The molecule has 0 spiro atoms. The van der Waals surface area contributed by atoms with Gasteiger partial charge in [-0.15, -0.1) is 0 Å². The second-order valence-electron chi connectivity index (χ2n) is 8.25. The summed E-state index contributed by atoms with van der Waals surface area (Å²) in [6, 6.07) is 28.9. The Morgan fingerprint density at radius 2 is 1.12 bits per heavy atom. The molecule has 1 aliphatic rings. The molecule has 2 N–H and O–H groups in total. The van der Waals surface area contributed by atoms with Gasteiger partial charge in [0.25, 0.3) is 5.91 Å². The lowest BCUT2D eigenvalue weighted by molar-refractivity contribution is -0.122. The van der Waals surface area contributed by atoms with Crippen LogP contribution in [-0.4, -0.2) is 29.0 Å². The zero-order valence-corrected chi connectivity index (χ0v) is 19.7. The molecule has 0 aromatic heterocycles. The third kappa shape index (κ3) is 4.59. The predicted molar refractivity (Wildman–Crippen MR) is 140 cm³/mol. The number of hydrogen-bond acceptors (Lipinski definition) is 4. The summed E-state index contributed by atoms with van der Waals surface area (Å²) in [7, 11) is 0. The highest BCUT2D eigenvalue weighted by Gasteiger charge is 2.45. The minimum absolute atomic E-state index is 0.233. The van der Waals surface area contributed by atoms with Crippen LogP contribution in [0.4, 0.5) is 4.79 Å². The Morgan fingerprint density at radius 1 is 0.636 bits per heavy atom. The predicted octanol–water partition coefficient (Wildman–Crippen LogP) is 5.74. The summed E-state index contributed by atoms with van der Waals surface area (Å²) in [4.78, 5) is 24.8. The SMILES string of the molecule is O=C1NC(=O)C(CSCc2cccc3ccccc23)(CSCc2cccc3ccccc23)N1. The molecule has 1 heterocycles. The maximum atomic E-state index is 12.8. The second-order valence-corrected chi connectivity index (χ2v) is 10.2. The lowest BCUT2D eigenvalue weighted by Gasteiger charge is -2.25. The van der Waals surface area contributed by atoms with Gasteiger partial charge in [-0.25, -0.2) is 4.79 Å². The summed E-state index contributed by atoms with van der Waals surface area (Å²) in [5, 5.41) is 10.3. The van der Waals surface area contributed by atoms with Crippen molar-refractivity contribution >= 4 is 57.0 Å². The highest BCUT2D eigenvalue weighted by molar-refractivity contribution is 7.99. The van der Waals surface area contributed by atoms with Crippen molar-refractivity contribution in [3.8, 4) is 0 Å². The maximum Gasteiger partial charge on any atom is 0.322 e. The highest BCUT2D eigenvalue weighted by atomic mass is 32.2. The number of fused-ring (bicyclic) bond motifs is 2. The summed E-state index contributed by atoms with van der Waals surface area (Å²) in [6.45, 7) is 0. The number of rotatable bonds is 8. The van der Waals surface area contributed by atoms with Crippen molar-refractivity contribution in [2.75, 3.05) is 11.5 Å². The first-order chi connectivity index (χ1) is 16.1. The van der Waals surface area contributed by atoms with E-state index >= 15 is 0 Å².